The number of hydrogen-bond donors (Lipinski definition) is 2. The number of pyridine rings is 1. The van der Waals surface area contributed by atoms with Crippen molar-refractivity contribution < 1.29 is 18.0 Å². The summed E-state index contributed by atoms with van der Waals surface area (Å²) in [6.45, 7) is 2.20. The quantitative estimate of drug-likeness (QED) is 0.548. The number of nitrogens with one attached hydrogen (secondary N) is 2. The Labute approximate surface area is 204 Å². The Kier molecular flexibility index (Phi) is 7.42. The summed E-state index contributed by atoms with van der Waals surface area (Å²) in [6, 6.07) is 17.4. The van der Waals surface area contributed by atoms with Crippen LogP contribution in [0.15, 0.2) is 84.0 Å². The molecule has 1 aromatic heterocycles. The summed E-state index contributed by atoms with van der Waals surface area (Å²) in [6.07, 6.45) is 3.26. The van der Waals surface area contributed by atoms with E-state index in [2.05, 4.69) is 15.6 Å². The lowest BCUT2D eigenvalue weighted by Crippen LogP contribution is -2.61. The first-order chi connectivity index (χ1) is 16.8. The fourth-order valence-electron chi connectivity index (χ4n) is 3.83. The van der Waals surface area contributed by atoms with E-state index in [1.165, 1.54) is 21.3 Å². The molecule has 10 heteroatoms. The Balaban J connectivity index is 1.54. The van der Waals surface area contributed by atoms with Crippen molar-refractivity contribution in [3.05, 3.63) is 90.3 Å². The molecule has 1 saturated heterocycles. The fraction of sp³-hybridized carbons (Fsp3) is 0.240. The second kappa shape index (κ2) is 10.7. The van der Waals surface area contributed by atoms with Crippen LogP contribution < -0.4 is 10.6 Å². The van der Waals surface area contributed by atoms with Gasteiger partial charge in [0.15, 0.2) is 0 Å². The van der Waals surface area contributed by atoms with Gasteiger partial charge in [0.2, 0.25) is 15.9 Å². The predicted molar refractivity (Wildman–Crippen MR) is 132 cm³/mol. The van der Waals surface area contributed by atoms with Crippen molar-refractivity contribution >= 4 is 27.6 Å². The monoisotopic (exact) mass is 493 g/mol. The van der Waals surface area contributed by atoms with E-state index in [-0.39, 0.29) is 31.1 Å². The predicted octanol–water partition coefficient (Wildman–Crippen LogP) is 2.61. The topological polar surface area (TPSA) is 112 Å². The summed E-state index contributed by atoms with van der Waals surface area (Å²) in [5.74, 6) is -0.485. The zero-order valence-corrected chi connectivity index (χ0v) is 20.1. The van der Waals surface area contributed by atoms with Gasteiger partial charge in [-0.25, -0.2) is 13.2 Å². The zero-order valence-electron chi connectivity index (χ0n) is 19.3. The number of aromatic nitrogens is 1. The lowest BCUT2D eigenvalue weighted by atomic mass is 10.2. The Hall–Kier alpha value is -3.76. The van der Waals surface area contributed by atoms with Gasteiger partial charge in [-0.2, -0.15) is 4.31 Å². The molecule has 9 nitrogen and oxygen atoms in total. The number of anilines is 1. The van der Waals surface area contributed by atoms with E-state index in [1.54, 1.807) is 48.8 Å². The van der Waals surface area contributed by atoms with Crippen LogP contribution >= 0.6 is 0 Å². The maximum Gasteiger partial charge on any atom is 0.321 e. The molecule has 3 amide bonds. The standard InChI is InChI=1S/C25H27N5O4S/c1-19-9-11-21(12-10-19)28-25(32)29-14-15-30(35(33,34)22-7-3-2-4-8-22)23(18-29)24(31)27-17-20-6-5-13-26-16-20/h2-13,16,23H,14-15,17-18H2,1H3,(H,27,31)(H,28,32). The largest absolute Gasteiger partial charge is 0.351 e. The van der Waals surface area contributed by atoms with Crippen molar-refractivity contribution in [2.75, 3.05) is 25.0 Å². The number of aryl methyl sites for hydroxylation is 1. The molecule has 1 aliphatic rings. The SMILES string of the molecule is Cc1ccc(NC(=O)N2CCN(S(=O)(=O)c3ccccc3)C(C(=O)NCc3cccnc3)C2)cc1. The van der Waals surface area contributed by atoms with Crippen LogP contribution in [0, 0.1) is 6.92 Å². The highest BCUT2D eigenvalue weighted by molar-refractivity contribution is 7.89. The minimum Gasteiger partial charge on any atom is -0.351 e. The summed E-state index contributed by atoms with van der Waals surface area (Å²) in [5, 5.41) is 5.61. The van der Waals surface area contributed by atoms with E-state index in [9.17, 15) is 18.0 Å². The van der Waals surface area contributed by atoms with Gasteiger partial charge in [-0.05, 0) is 42.8 Å². The third-order valence-corrected chi connectivity index (χ3v) is 7.69. The van der Waals surface area contributed by atoms with Crippen LogP contribution in [-0.4, -0.2) is 60.2 Å². The van der Waals surface area contributed by atoms with Crippen molar-refractivity contribution in [2.24, 2.45) is 0 Å². The Morgan fingerprint density at radius 3 is 2.43 bits per heavy atom. The van der Waals surface area contributed by atoms with Crippen molar-refractivity contribution in [3.8, 4) is 0 Å². The number of benzene rings is 2. The maximum absolute atomic E-state index is 13.4. The molecule has 0 spiro atoms. The molecule has 1 unspecified atom stereocenters. The second-order valence-corrected chi connectivity index (χ2v) is 10.2. The normalized spacial score (nSPS) is 16.5. The van der Waals surface area contributed by atoms with Crippen LogP contribution in [0.4, 0.5) is 10.5 Å². The maximum atomic E-state index is 13.4. The Morgan fingerprint density at radius 2 is 1.74 bits per heavy atom. The zero-order chi connectivity index (χ0) is 24.8. The van der Waals surface area contributed by atoms with Gasteiger partial charge < -0.3 is 15.5 Å². The van der Waals surface area contributed by atoms with Gasteiger partial charge in [0.25, 0.3) is 0 Å². The molecule has 3 aromatic rings. The van der Waals surface area contributed by atoms with E-state index in [1.807, 2.05) is 25.1 Å². The lowest BCUT2D eigenvalue weighted by molar-refractivity contribution is -0.126. The molecule has 0 saturated carbocycles. The van der Waals surface area contributed by atoms with E-state index >= 15 is 0 Å². The smallest absolute Gasteiger partial charge is 0.321 e. The molecule has 2 heterocycles. The van der Waals surface area contributed by atoms with Gasteiger partial charge in [0.05, 0.1) is 4.90 Å². The van der Waals surface area contributed by atoms with Crippen molar-refractivity contribution in [1.29, 1.82) is 0 Å². The van der Waals surface area contributed by atoms with Gasteiger partial charge >= 0.3 is 6.03 Å². The van der Waals surface area contributed by atoms with E-state index < -0.39 is 28.0 Å². The van der Waals surface area contributed by atoms with Crippen LogP contribution in [0.25, 0.3) is 0 Å². The van der Waals surface area contributed by atoms with E-state index in [0.29, 0.717) is 5.69 Å². The first kappa shape index (κ1) is 24.4. The van der Waals surface area contributed by atoms with Crippen LogP contribution in [0.3, 0.4) is 0 Å². The minimum atomic E-state index is -3.95. The van der Waals surface area contributed by atoms with Crippen LogP contribution in [0.1, 0.15) is 11.1 Å². The molecule has 1 atom stereocenters. The first-order valence-electron chi connectivity index (χ1n) is 11.2. The molecule has 4 rings (SSSR count). The summed E-state index contributed by atoms with van der Waals surface area (Å²) in [5.41, 5.74) is 2.47. The average molecular weight is 494 g/mol. The van der Waals surface area contributed by atoms with Crippen molar-refractivity contribution in [3.63, 3.8) is 0 Å². The van der Waals surface area contributed by atoms with Crippen LogP contribution in [0.2, 0.25) is 0 Å². The van der Waals surface area contributed by atoms with Gasteiger partial charge in [-0.3, -0.25) is 9.78 Å². The number of nitrogens with zero attached hydrogens (tertiary/aromatic N) is 3. The van der Waals surface area contributed by atoms with Crippen molar-refractivity contribution in [1.82, 2.24) is 19.5 Å². The molecule has 2 aromatic carbocycles. The number of sulfonamides is 1. The second-order valence-electron chi connectivity index (χ2n) is 8.27. The molecule has 1 fully saturated rings. The number of rotatable bonds is 6. The average Bonchev–Trinajstić information content (AvgIpc) is 2.89. The summed E-state index contributed by atoms with van der Waals surface area (Å²) >= 11 is 0. The molecule has 182 valence electrons. The molecular weight excluding hydrogens is 466 g/mol. The van der Waals surface area contributed by atoms with Crippen LogP contribution in [-0.2, 0) is 21.4 Å². The first-order valence-corrected chi connectivity index (χ1v) is 12.6. The summed E-state index contributed by atoms with van der Waals surface area (Å²) in [4.78, 5) is 31.8. The number of hydrogen-bond acceptors (Lipinski definition) is 5. The molecule has 0 bridgehead atoms. The third kappa shape index (κ3) is 5.84. The number of amides is 3. The van der Waals surface area contributed by atoms with Crippen molar-refractivity contribution in [2.45, 2.75) is 24.4 Å². The minimum absolute atomic E-state index is 0.0104. The van der Waals surface area contributed by atoms with Gasteiger partial charge in [-0.15, -0.1) is 0 Å². The van der Waals surface area contributed by atoms with E-state index in [4.69, 9.17) is 0 Å². The van der Waals surface area contributed by atoms with Gasteiger partial charge in [0, 0.05) is 44.3 Å². The number of urea groups is 1. The molecule has 0 aliphatic carbocycles. The number of piperazine rings is 1. The summed E-state index contributed by atoms with van der Waals surface area (Å²) < 4.78 is 28.0. The molecule has 1 aliphatic heterocycles. The molecule has 0 radical (unpaired) electrons. The van der Waals surface area contributed by atoms with Crippen LogP contribution in [0.5, 0.6) is 0 Å². The van der Waals surface area contributed by atoms with E-state index in [0.717, 1.165) is 11.1 Å². The fourth-order valence-corrected chi connectivity index (χ4v) is 5.42. The highest BCUT2D eigenvalue weighted by Gasteiger charge is 2.41. The van der Waals surface area contributed by atoms with Gasteiger partial charge in [0.1, 0.15) is 6.04 Å². The highest BCUT2D eigenvalue weighted by atomic mass is 32.2. The molecule has 35 heavy (non-hydrogen) atoms. The lowest BCUT2D eigenvalue weighted by Gasteiger charge is -2.39. The highest BCUT2D eigenvalue weighted by Crippen LogP contribution is 2.22. The molecular formula is C25H27N5O4S. The summed E-state index contributed by atoms with van der Waals surface area (Å²) in [7, 11) is -3.95. The Bertz CT molecular complexity index is 1270. The Morgan fingerprint density at radius 1 is 1.00 bits per heavy atom. The molecule has 2 N–H and O–H groups in total. The number of carbonyl (C=O) groups is 2. The van der Waals surface area contributed by atoms with Gasteiger partial charge in [-0.1, -0.05) is 42.0 Å². The third-order valence-electron chi connectivity index (χ3n) is 5.76. The number of carbonyl (C=O) groups excluding carboxylic acids is 2.